The number of ether oxygens (including phenoxy) is 1. The van der Waals surface area contributed by atoms with Crippen molar-refractivity contribution in [1.29, 1.82) is 0 Å². The molecule has 38 heavy (non-hydrogen) atoms. The van der Waals surface area contributed by atoms with E-state index in [1.165, 1.54) is 18.1 Å². The molecule has 7 nitrogen and oxygen atoms in total. The van der Waals surface area contributed by atoms with Gasteiger partial charge in [-0.05, 0) is 86.6 Å². The molecule has 2 aromatic carbocycles. The van der Waals surface area contributed by atoms with Crippen LogP contribution in [0.2, 0.25) is 0 Å². The van der Waals surface area contributed by atoms with Crippen molar-refractivity contribution in [3.63, 3.8) is 0 Å². The number of hydrogen-bond donors (Lipinski definition) is 0. The van der Waals surface area contributed by atoms with Crippen LogP contribution in [-0.4, -0.2) is 37.6 Å². The number of benzene rings is 2. The number of aromatic nitrogens is 1. The number of hydrogen-bond acceptors (Lipinski definition) is 8. The van der Waals surface area contributed by atoms with Crippen LogP contribution in [0, 0.1) is 33.6 Å². The van der Waals surface area contributed by atoms with Crippen LogP contribution >= 0.6 is 11.3 Å². The third-order valence-corrected chi connectivity index (χ3v) is 5.85. The molecule has 0 saturated heterocycles. The second-order valence-electron chi connectivity index (χ2n) is 8.68. The first-order valence-corrected chi connectivity index (χ1v) is 12.7. The first-order valence-electron chi connectivity index (χ1n) is 11.8. The number of aromatic carboxylic acids is 1. The Balaban J connectivity index is 0. The Morgan fingerprint density at radius 3 is 2.11 bits per heavy atom. The van der Waals surface area contributed by atoms with Gasteiger partial charge < -0.3 is 29.1 Å². The summed E-state index contributed by atoms with van der Waals surface area (Å²) in [6.45, 7) is 17.2. The van der Waals surface area contributed by atoms with Crippen LogP contribution in [0.25, 0.3) is 0 Å². The van der Waals surface area contributed by atoms with E-state index in [2.05, 4.69) is 56.8 Å². The fraction of sp³-hybridized carbons (Fsp3) is 0.379. The normalized spacial score (nSPS) is 9.29. The minimum absolute atomic E-state index is 0. The average Bonchev–Trinajstić information content (AvgIpc) is 3.32. The van der Waals surface area contributed by atoms with Gasteiger partial charge in [-0.25, -0.2) is 0 Å². The van der Waals surface area contributed by atoms with Crippen LogP contribution in [0.1, 0.15) is 58.4 Å². The van der Waals surface area contributed by atoms with Crippen molar-refractivity contribution in [3.05, 3.63) is 74.7 Å². The van der Waals surface area contributed by atoms with Crippen molar-refractivity contribution < 1.29 is 53.8 Å². The number of rotatable bonds is 7. The third kappa shape index (κ3) is 13.9. The summed E-state index contributed by atoms with van der Waals surface area (Å²) in [6, 6.07) is 9.22. The van der Waals surface area contributed by atoms with Crippen LogP contribution in [0.4, 0.5) is 5.69 Å². The van der Waals surface area contributed by atoms with Crippen LogP contribution in [0.3, 0.4) is 0 Å². The molecule has 0 bridgehead atoms. The summed E-state index contributed by atoms with van der Waals surface area (Å²) in [5.41, 5.74) is 5.53. The van der Waals surface area contributed by atoms with Crippen molar-refractivity contribution >= 4 is 36.1 Å². The molecule has 0 amide bonds. The van der Waals surface area contributed by atoms with Crippen molar-refractivity contribution in [2.45, 2.75) is 55.1 Å². The number of nitrogens with zero attached hydrogens (tertiary/aromatic N) is 2. The third-order valence-electron chi connectivity index (χ3n) is 5.14. The van der Waals surface area contributed by atoms with E-state index in [0.717, 1.165) is 40.4 Å². The first-order chi connectivity index (χ1) is 17.5. The SMILES string of the molecule is C=O.CC=O.Cc1cc(OCc2ccc(C(=O)[O-])cc2C)c(N(C)CC(C)C)cc1C.Cc1nccs1.[Na+]. The number of carboxylic acid groups (broad SMARTS) is 1. The standard InChI is InChI=1S/C22H29NO3.C4H5NS.C2H4O.CH2O.Na/c1-14(2)12-23(6)20-10-15(3)16(4)11-21(20)26-13-19-8-7-18(22(24)25)9-17(19)5;1-4-5-2-3-6-4;1-2-3;1-2;/h7-11,14H,12-13H2,1-6H3,(H,24,25);2-3H,1H3;2H,1H3;1H2;/q;;;;+1/p-1. The van der Waals surface area contributed by atoms with Gasteiger partial charge >= 0.3 is 29.6 Å². The van der Waals surface area contributed by atoms with Gasteiger partial charge in [-0.1, -0.05) is 26.0 Å². The zero-order valence-corrected chi connectivity index (χ0v) is 27.0. The van der Waals surface area contributed by atoms with Gasteiger partial charge in [0.1, 0.15) is 25.4 Å². The minimum Gasteiger partial charge on any atom is -0.545 e. The number of aldehydes is 1. The predicted octanol–water partition coefficient (Wildman–Crippen LogP) is 2.12. The van der Waals surface area contributed by atoms with Crippen molar-refractivity contribution in [1.82, 2.24) is 4.98 Å². The Kier molecular flexibility index (Phi) is 20.2. The Morgan fingerprint density at radius 2 is 1.68 bits per heavy atom. The van der Waals surface area contributed by atoms with E-state index in [0.29, 0.717) is 12.5 Å². The summed E-state index contributed by atoms with van der Waals surface area (Å²) < 4.78 is 6.14. The molecule has 3 aromatic rings. The zero-order valence-electron chi connectivity index (χ0n) is 24.2. The number of carboxylic acids is 1. The topological polar surface area (TPSA) is 99.6 Å². The maximum atomic E-state index is 11.0. The number of thiazole rings is 1. The van der Waals surface area contributed by atoms with E-state index in [-0.39, 0.29) is 35.1 Å². The van der Waals surface area contributed by atoms with E-state index >= 15 is 0 Å². The first kappa shape index (κ1) is 37.6. The van der Waals surface area contributed by atoms with E-state index in [4.69, 9.17) is 14.3 Å². The molecule has 0 aliphatic rings. The molecule has 9 heteroatoms. The molecule has 0 aliphatic carbocycles. The predicted molar refractivity (Wildman–Crippen MR) is 150 cm³/mol. The number of carbonyl (C=O) groups excluding carboxylic acids is 3. The Bertz CT molecular complexity index is 1100. The molecule has 0 saturated carbocycles. The number of aryl methyl sites for hydroxylation is 4. The molecule has 0 fully saturated rings. The van der Waals surface area contributed by atoms with Crippen LogP contribution < -0.4 is 44.3 Å². The fourth-order valence-electron chi connectivity index (χ4n) is 3.27. The molecule has 0 radical (unpaired) electrons. The monoisotopic (exact) mass is 550 g/mol. The molecule has 202 valence electrons. The van der Waals surface area contributed by atoms with Gasteiger partial charge in [0.15, 0.2) is 0 Å². The summed E-state index contributed by atoms with van der Waals surface area (Å²) in [5.74, 6) is 0.237. The summed E-state index contributed by atoms with van der Waals surface area (Å²) in [6.07, 6.45) is 2.56. The molecule has 0 unspecified atom stereocenters. The van der Waals surface area contributed by atoms with Gasteiger partial charge in [-0.2, -0.15) is 0 Å². The molecular weight excluding hydrogens is 511 g/mol. The van der Waals surface area contributed by atoms with Gasteiger partial charge in [-0.15, -0.1) is 11.3 Å². The number of anilines is 1. The Morgan fingerprint density at radius 1 is 1.11 bits per heavy atom. The average molecular weight is 551 g/mol. The Hall–Kier alpha value is -2.52. The van der Waals surface area contributed by atoms with E-state index < -0.39 is 5.97 Å². The van der Waals surface area contributed by atoms with Crippen molar-refractivity contribution in [2.24, 2.45) is 5.92 Å². The van der Waals surface area contributed by atoms with Gasteiger partial charge in [0.05, 0.1) is 16.7 Å². The molecule has 0 N–H and O–H groups in total. The molecule has 0 atom stereocenters. The summed E-state index contributed by atoms with van der Waals surface area (Å²) in [4.78, 5) is 33.9. The minimum atomic E-state index is -1.16. The van der Waals surface area contributed by atoms with E-state index in [1.807, 2.05) is 26.0 Å². The molecule has 1 aromatic heterocycles. The van der Waals surface area contributed by atoms with E-state index in [1.54, 1.807) is 35.7 Å². The summed E-state index contributed by atoms with van der Waals surface area (Å²) >= 11 is 1.67. The second kappa shape index (κ2) is 20.4. The van der Waals surface area contributed by atoms with Gasteiger partial charge in [0, 0.05) is 25.2 Å². The largest absolute Gasteiger partial charge is 1.00 e. The molecule has 0 spiro atoms. The quantitative estimate of drug-likeness (QED) is 0.328. The van der Waals surface area contributed by atoms with Gasteiger partial charge in [0.25, 0.3) is 0 Å². The molecule has 0 aliphatic heterocycles. The fourth-order valence-corrected chi connectivity index (χ4v) is 3.71. The van der Waals surface area contributed by atoms with Gasteiger partial charge in [0.2, 0.25) is 0 Å². The van der Waals surface area contributed by atoms with E-state index in [9.17, 15) is 9.90 Å². The number of carbonyl (C=O) groups is 3. The van der Waals surface area contributed by atoms with Crippen LogP contribution in [0.5, 0.6) is 5.75 Å². The maximum absolute atomic E-state index is 11.0. The van der Waals surface area contributed by atoms with Crippen molar-refractivity contribution in [2.75, 3.05) is 18.5 Å². The summed E-state index contributed by atoms with van der Waals surface area (Å²) in [7, 11) is 2.08. The van der Waals surface area contributed by atoms with Crippen molar-refractivity contribution in [3.8, 4) is 5.75 Å². The zero-order chi connectivity index (χ0) is 28.5. The van der Waals surface area contributed by atoms with Crippen LogP contribution in [0.15, 0.2) is 41.9 Å². The maximum Gasteiger partial charge on any atom is 1.00 e. The smallest absolute Gasteiger partial charge is 0.545 e. The summed E-state index contributed by atoms with van der Waals surface area (Å²) in [5, 5.41) is 14.1. The van der Waals surface area contributed by atoms with Crippen LogP contribution in [-0.2, 0) is 16.2 Å². The molecular formula is C29H39N2NaO5S. The molecule has 3 rings (SSSR count). The Labute approximate surface area is 253 Å². The second-order valence-corrected chi connectivity index (χ2v) is 9.78. The van der Waals surface area contributed by atoms with Gasteiger partial charge in [-0.3, -0.25) is 4.98 Å². The molecule has 1 heterocycles.